The highest BCUT2D eigenvalue weighted by atomic mass is 16.2. The number of nitrogens with two attached hydrogens (primary N) is 1. The van der Waals surface area contributed by atoms with Gasteiger partial charge >= 0.3 is 0 Å². The molecule has 2 saturated carbocycles. The van der Waals surface area contributed by atoms with Crippen LogP contribution in [0.3, 0.4) is 0 Å². The molecule has 0 aromatic heterocycles. The molecule has 24 heavy (non-hydrogen) atoms. The van der Waals surface area contributed by atoms with Gasteiger partial charge in [-0.2, -0.15) is 0 Å². The first-order chi connectivity index (χ1) is 11.6. The van der Waals surface area contributed by atoms with E-state index in [0.29, 0.717) is 5.56 Å². The molecule has 2 aliphatic carbocycles. The first-order valence-electron chi connectivity index (χ1n) is 9.06. The van der Waals surface area contributed by atoms with Crippen LogP contribution in [0.4, 0.5) is 0 Å². The Hall–Kier alpha value is -1.88. The largest absolute Gasteiger partial charge is 0.366 e. The number of hydrogen-bond acceptors (Lipinski definition) is 3. The van der Waals surface area contributed by atoms with Crippen LogP contribution in [0.5, 0.6) is 0 Å². The first kappa shape index (κ1) is 15.6. The van der Waals surface area contributed by atoms with Crippen LogP contribution in [0.15, 0.2) is 24.3 Å². The molecular formula is C19H25N3O2. The van der Waals surface area contributed by atoms with Crippen LogP contribution in [0, 0.1) is 5.92 Å². The third-order valence-electron chi connectivity index (χ3n) is 5.95. The number of nitrogens with zero attached hydrogens (tertiary/aromatic N) is 2. The number of hydrogen-bond donors (Lipinski definition) is 1. The average Bonchev–Trinajstić information content (AvgIpc) is 3.34. The van der Waals surface area contributed by atoms with Crippen molar-refractivity contribution in [3.8, 4) is 0 Å². The van der Waals surface area contributed by atoms with E-state index < -0.39 is 5.91 Å². The van der Waals surface area contributed by atoms with Gasteiger partial charge in [-0.25, -0.2) is 0 Å². The van der Waals surface area contributed by atoms with Gasteiger partial charge < -0.3 is 10.6 Å². The standard InChI is InChI=1S/C19H25N3O2/c20-18(23)15-7-2-1-6-14(15)16-12-17(16)19(24)22-10-8-21(9-11-22)13-4-3-5-13/h1-2,6-7,13,16-17H,3-5,8-12H2,(H2,20,23)/t16-,17+/m1/s1. The number of amides is 2. The first-order valence-corrected chi connectivity index (χ1v) is 9.06. The topological polar surface area (TPSA) is 66.6 Å². The smallest absolute Gasteiger partial charge is 0.248 e. The molecule has 2 N–H and O–H groups in total. The Morgan fingerprint density at radius 2 is 1.75 bits per heavy atom. The number of benzene rings is 1. The quantitative estimate of drug-likeness (QED) is 0.913. The van der Waals surface area contributed by atoms with E-state index in [2.05, 4.69) is 4.90 Å². The van der Waals surface area contributed by atoms with Crippen LogP contribution in [-0.2, 0) is 4.79 Å². The molecule has 1 saturated heterocycles. The minimum absolute atomic E-state index is 0.0285. The summed E-state index contributed by atoms with van der Waals surface area (Å²) in [4.78, 5) is 28.9. The molecule has 0 radical (unpaired) electrons. The van der Waals surface area contributed by atoms with E-state index in [4.69, 9.17) is 5.73 Å². The molecule has 128 valence electrons. The summed E-state index contributed by atoms with van der Waals surface area (Å²) in [6.45, 7) is 3.70. The van der Waals surface area contributed by atoms with Gasteiger partial charge in [0, 0.05) is 43.7 Å². The van der Waals surface area contributed by atoms with E-state index in [9.17, 15) is 9.59 Å². The van der Waals surface area contributed by atoms with Crippen molar-refractivity contribution in [1.29, 1.82) is 0 Å². The molecule has 1 heterocycles. The zero-order chi connectivity index (χ0) is 16.7. The van der Waals surface area contributed by atoms with Crippen molar-refractivity contribution in [2.75, 3.05) is 26.2 Å². The zero-order valence-corrected chi connectivity index (χ0v) is 14.0. The van der Waals surface area contributed by atoms with Crippen LogP contribution in [0.1, 0.15) is 47.5 Å². The molecule has 2 atom stereocenters. The third kappa shape index (κ3) is 2.81. The Morgan fingerprint density at radius 1 is 1.04 bits per heavy atom. The maximum absolute atomic E-state index is 12.8. The number of carbonyl (C=O) groups is 2. The number of piperazine rings is 1. The van der Waals surface area contributed by atoms with Gasteiger partial charge in [-0.1, -0.05) is 24.6 Å². The molecule has 5 heteroatoms. The molecule has 3 fully saturated rings. The van der Waals surface area contributed by atoms with Crippen LogP contribution in [-0.4, -0.2) is 53.8 Å². The highest BCUT2D eigenvalue weighted by Gasteiger charge is 2.47. The van der Waals surface area contributed by atoms with E-state index in [1.165, 1.54) is 19.3 Å². The van der Waals surface area contributed by atoms with Gasteiger partial charge in [0.2, 0.25) is 11.8 Å². The Labute approximate surface area is 142 Å². The van der Waals surface area contributed by atoms with E-state index in [1.54, 1.807) is 6.07 Å². The minimum Gasteiger partial charge on any atom is -0.366 e. The fourth-order valence-corrected chi connectivity index (χ4v) is 4.15. The van der Waals surface area contributed by atoms with Gasteiger partial charge in [-0.3, -0.25) is 14.5 Å². The molecule has 1 aromatic rings. The van der Waals surface area contributed by atoms with Gasteiger partial charge in [0.05, 0.1) is 0 Å². The Kier molecular flexibility index (Phi) is 4.04. The summed E-state index contributed by atoms with van der Waals surface area (Å²) < 4.78 is 0. The van der Waals surface area contributed by atoms with Crippen molar-refractivity contribution in [2.45, 2.75) is 37.6 Å². The molecule has 0 unspecified atom stereocenters. The summed E-state index contributed by atoms with van der Waals surface area (Å²) in [5, 5.41) is 0. The van der Waals surface area contributed by atoms with Gasteiger partial charge in [-0.05, 0) is 36.8 Å². The maximum Gasteiger partial charge on any atom is 0.248 e. The third-order valence-corrected chi connectivity index (χ3v) is 5.95. The zero-order valence-electron chi connectivity index (χ0n) is 14.0. The lowest BCUT2D eigenvalue weighted by atomic mass is 9.91. The van der Waals surface area contributed by atoms with Crippen molar-refractivity contribution >= 4 is 11.8 Å². The molecular weight excluding hydrogens is 302 g/mol. The predicted molar refractivity (Wildman–Crippen MR) is 91.6 cm³/mol. The molecule has 0 bridgehead atoms. The van der Waals surface area contributed by atoms with Crippen LogP contribution >= 0.6 is 0 Å². The van der Waals surface area contributed by atoms with Crippen molar-refractivity contribution in [3.05, 3.63) is 35.4 Å². The van der Waals surface area contributed by atoms with E-state index >= 15 is 0 Å². The molecule has 2 amide bonds. The highest BCUT2D eigenvalue weighted by molar-refractivity contribution is 5.95. The maximum atomic E-state index is 12.8. The molecule has 0 spiro atoms. The molecule has 5 nitrogen and oxygen atoms in total. The summed E-state index contributed by atoms with van der Waals surface area (Å²) in [6, 6.07) is 8.20. The Morgan fingerprint density at radius 3 is 2.38 bits per heavy atom. The van der Waals surface area contributed by atoms with E-state index in [1.807, 2.05) is 23.1 Å². The van der Waals surface area contributed by atoms with Gasteiger partial charge in [0.25, 0.3) is 0 Å². The van der Waals surface area contributed by atoms with Crippen LogP contribution < -0.4 is 5.73 Å². The second-order valence-electron chi connectivity index (χ2n) is 7.35. The Bertz CT molecular complexity index is 648. The average molecular weight is 327 g/mol. The van der Waals surface area contributed by atoms with Gasteiger partial charge in [0.15, 0.2) is 0 Å². The lowest BCUT2D eigenvalue weighted by Crippen LogP contribution is -2.53. The fraction of sp³-hybridized carbons (Fsp3) is 0.579. The van der Waals surface area contributed by atoms with Crippen molar-refractivity contribution in [3.63, 3.8) is 0 Å². The van der Waals surface area contributed by atoms with Crippen molar-refractivity contribution < 1.29 is 9.59 Å². The monoisotopic (exact) mass is 327 g/mol. The summed E-state index contributed by atoms with van der Waals surface area (Å²) in [7, 11) is 0. The summed E-state index contributed by atoms with van der Waals surface area (Å²) in [5.41, 5.74) is 6.97. The predicted octanol–water partition coefficient (Wildman–Crippen LogP) is 1.59. The summed E-state index contributed by atoms with van der Waals surface area (Å²) in [6.07, 6.45) is 4.84. The summed E-state index contributed by atoms with van der Waals surface area (Å²) >= 11 is 0. The molecule has 1 aliphatic heterocycles. The highest BCUT2D eigenvalue weighted by Crippen LogP contribution is 2.49. The molecule has 1 aromatic carbocycles. The van der Waals surface area contributed by atoms with Gasteiger partial charge in [0.1, 0.15) is 0 Å². The van der Waals surface area contributed by atoms with Crippen LogP contribution in [0.25, 0.3) is 0 Å². The second-order valence-corrected chi connectivity index (χ2v) is 7.35. The number of rotatable bonds is 4. The van der Waals surface area contributed by atoms with Crippen LogP contribution in [0.2, 0.25) is 0 Å². The van der Waals surface area contributed by atoms with E-state index in [0.717, 1.165) is 44.2 Å². The molecule has 4 rings (SSSR count). The lowest BCUT2D eigenvalue weighted by Gasteiger charge is -2.43. The normalized spacial score (nSPS) is 27.6. The second kappa shape index (κ2) is 6.20. The van der Waals surface area contributed by atoms with Crippen molar-refractivity contribution in [2.24, 2.45) is 11.7 Å². The van der Waals surface area contributed by atoms with Gasteiger partial charge in [-0.15, -0.1) is 0 Å². The number of carbonyl (C=O) groups excluding carboxylic acids is 2. The van der Waals surface area contributed by atoms with Crippen molar-refractivity contribution in [1.82, 2.24) is 9.80 Å². The lowest BCUT2D eigenvalue weighted by molar-refractivity contribution is -0.135. The Balaban J connectivity index is 1.37. The molecule has 3 aliphatic rings. The van der Waals surface area contributed by atoms with E-state index in [-0.39, 0.29) is 17.7 Å². The SMILES string of the molecule is NC(=O)c1ccccc1[C@H]1C[C@@H]1C(=O)N1CCN(C2CCC2)CC1. The summed E-state index contributed by atoms with van der Waals surface area (Å²) in [5.74, 6) is 0.0389. The number of primary amides is 1. The minimum atomic E-state index is -0.405. The fourth-order valence-electron chi connectivity index (χ4n) is 4.15.